The second-order valence-electron chi connectivity index (χ2n) is 3.38. The predicted molar refractivity (Wildman–Crippen MR) is 59.1 cm³/mol. The van der Waals surface area contributed by atoms with E-state index in [4.69, 9.17) is 11.6 Å². The van der Waals surface area contributed by atoms with Crippen molar-refractivity contribution in [3.63, 3.8) is 0 Å². The van der Waals surface area contributed by atoms with Gasteiger partial charge in [-0.05, 0) is 23.7 Å². The molecule has 1 aromatic heterocycles. The van der Waals surface area contributed by atoms with Crippen molar-refractivity contribution in [1.82, 2.24) is 9.97 Å². The van der Waals surface area contributed by atoms with Crippen LogP contribution >= 0.6 is 11.6 Å². The molecule has 0 fully saturated rings. The van der Waals surface area contributed by atoms with Gasteiger partial charge >= 0.3 is 6.36 Å². The molecule has 0 bridgehead atoms. The van der Waals surface area contributed by atoms with Crippen LogP contribution in [0.3, 0.4) is 0 Å². The van der Waals surface area contributed by atoms with Gasteiger partial charge < -0.3 is 4.74 Å². The van der Waals surface area contributed by atoms with Crippen LogP contribution in [0.15, 0.2) is 30.5 Å². The Kier molecular flexibility index (Phi) is 3.57. The number of hydrogen-bond acceptors (Lipinski definition) is 3. The van der Waals surface area contributed by atoms with E-state index >= 15 is 0 Å². The van der Waals surface area contributed by atoms with Crippen LogP contribution in [0.2, 0.25) is 5.28 Å². The van der Waals surface area contributed by atoms with Crippen molar-refractivity contribution in [2.24, 2.45) is 0 Å². The summed E-state index contributed by atoms with van der Waals surface area (Å²) in [5.41, 5.74) is -0.526. The molecule has 0 aliphatic rings. The number of ether oxygens (including phenoxy) is 1. The average Bonchev–Trinajstić information content (AvgIpc) is 2.31. The summed E-state index contributed by atoms with van der Waals surface area (Å²) >= 11 is 5.50. The minimum Gasteiger partial charge on any atom is -0.405 e. The highest BCUT2D eigenvalue weighted by molar-refractivity contribution is 6.28. The van der Waals surface area contributed by atoms with Crippen LogP contribution in [0.4, 0.5) is 17.6 Å². The summed E-state index contributed by atoms with van der Waals surface area (Å²) in [6.45, 7) is 0. The summed E-state index contributed by atoms with van der Waals surface area (Å²) in [5.74, 6) is -1.47. The molecule has 1 aromatic carbocycles. The zero-order valence-electron chi connectivity index (χ0n) is 9.08. The number of aromatic nitrogens is 2. The first-order valence-corrected chi connectivity index (χ1v) is 5.28. The summed E-state index contributed by atoms with van der Waals surface area (Å²) in [6.07, 6.45) is -4.11. The lowest BCUT2D eigenvalue weighted by Gasteiger charge is -2.13. The minimum absolute atomic E-state index is 0.165. The van der Waals surface area contributed by atoms with Crippen LogP contribution in [0.5, 0.6) is 5.75 Å². The van der Waals surface area contributed by atoms with Crippen molar-refractivity contribution < 1.29 is 22.3 Å². The van der Waals surface area contributed by atoms with Gasteiger partial charge in [-0.15, -0.1) is 13.2 Å². The number of halogens is 5. The highest BCUT2D eigenvalue weighted by Gasteiger charge is 2.32. The lowest BCUT2D eigenvalue weighted by atomic mass is 10.1. The third-order valence-corrected chi connectivity index (χ3v) is 2.26. The molecule has 0 radical (unpaired) electrons. The van der Waals surface area contributed by atoms with E-state index in [9.17, 15) is 17.6 Å². The van der Waals surface area contributed by atoms with Crippen LogP contribution in [-0.4, -0.2) is 16.3 Å². The van der Waals surface area contributed by atoms with Crippen LogP contribution in [0, 0.1) is 5.82 Å². The lowest BCUT2D eigenvalue weighted by Crippen LogP contribution is -2.17. The van der Waals surface area contributed by atoms with Crippen LogP contribution < -0.4 is 4.74 Å². The van der Waals surface area contributed by atoms with Gasteiger partial charge in [0, 0.05) is 5.56 Å². The van der Waals surface area contributed by atoms with Gasteiger partial charge in [-0.25, -0.2) is 14.4 Å². The molecule has 19 heavy (non-hydrogen) atoms. The highest BCUT2D eigenvalue weighted by atomic mass is 35.5. The molecule has 8 heteroatoms. The Morgan fingerprint density at radius 1 is 1.16 bits per heavy atom. The molecule has 0 unspecified atom stereocenters. The molecular weight excluding hydrogens is 288 g/mol. The second kappa shape index (κ2) is 5.00. The Morgan fingerprint density at radius 3 is 2.53 bits per heavy atom. The van der Waals surface area contributed by atoms with Gasteiger partial charge in [0.1, 0.15) is 11.4 Å². The topological polar surface area (TPSA) is 35.0 Å². The first-order chi connectivity index (χ1) is 8.87. The van der Waals surface area contributed by atoms with E-state index in [1.54, 1.807) is 0 Å². The van der Waals surface area contributed by atoms with Gasteiger partial charge in [0.15, 0.2) is 5.82 Å². The van der Waals surface area contributed by atoms with E-state index in [-0.39, 0.29) is 16.5 Å². The third-order valence-electron chi connectivity index (χ3n) is 2.08. The van der Waals surface area contributed by atoms with Crippen molar-refractivity contribution in [2.45, 2.75) is 6.36 Å². The second-order valence-corrected chi connectivity index (χ2v) is 3.72. The molecule has 0 aliphatic carbocycles. The maximum Gasteiger partial charge on any atom is 0.573 e. The molecule has 0 saturated carbocycles. The van der Waals surface area contributed by atoms with Crippen molar-refractivity contribution in [3.8, 4) is 17.0 Å². The fourth-order valence-electron chi connectivity index (χ4n) is 1.41. The summed E-state index contributed by atoms with van der Waals surface area (Å²) in [5, 5.41) is -0.279. The summed E-state index contributed by atoms with van der Waals surface area (Å²) in [7, 11) is 0. The number of para-hydroxylation sites is 1. The normalized spacial score (nSPS) is 11.4. The van der Waals surface area contributed by atoms with Gasteiger partial charge in [0.05, 0.1) is 6.20 Å². The molecule has 1 heterocycles. The molecule has 0 atom stereocenters. The smallest absolute Gasteiger partial charge is 0.405 e. The van der Waals surface area contributed by atoms with Gasteiger partial charge in [0.25, 0.3) is 0 Å². The van der Waals surface area contributed by atoms with Gasteiger partial charge in [-0.1, -0.05) is 12.1 Å². The number of alkyl halides is 3. The number of hydrogen-bond donors (Lipinski definition) is 0. The molecular formula is C11H5ClF4N2O. The van der Waals surface area contributed by atoms with Crippen molar-refractivity contribution in [2.75, 3.05) is 0 Å². The number of benzene rings is 1. The first kappa shape index (κ1) is 13.5. The number of rotatable bonds is 2. The van der Waals surface area contributed by atoms with Crippen LogP contribution in [0.25, 0.3) is 11.3 Å². The molecule has 2 rings (SSSR count). The Labute approximate surface area is 109 Å². The molecule has 0 aliphatic heterocycles. The van der Waals surface area contributed by atoms with E-state index < -0.39 is 17.9 Å². The summed E-state index contributed by atoms with van der Waals surface area (Å²) < 4.78 is 54.1. The number of nitrogens with zero attached hydrogens (tertiary/aromatic N) is 2. The van der Waals surface area contributed by atoms with Crippen LogP contribution in [0.1, 0.15) is 0 Å². The Bertz CT molecular complexity index is 603. The summed E-state index contributed by atoms with van der Waals surface area (Å²) in [4.78, 5) is 6.95. The van der Waals surface area contributed by atoms with Crippen LogP contribution in [-0.2, 0) is 0 Å². The largest absolute Gasteiger partial charge is 0.573 e. The zero-order chi connectivity index (χ0) is 14.0. The Balaban J connectivity index is 2.53. The molecule has 0 N–H and O–H groups in total. The summed E-state index contributed by atoms with van der Waals surface area (Å²) in [6, 6.07) is 5.04. The van der Waals surface area contributed by atoms with E-state index in [2.05, 4.69) is 14.7 Å². The van der Waals surface area contributed by atoms with E-state index in [0.29, 0.717) is 0 Å². The van der Waals surface area contributed by atoms with Crippen molar-refractivity contribution in [1.29, 1.82) is 0 Å². The lowest BCUT2D eigenvalue weighted by molar-refractivity contribution is -0.274. The third kappa shape index (κ3) is 3.31. The fourth-order valence-corrected chi connectivity index (χ4v) is 1.54. The van der Waals surface area contributed by atoms with Gasteiger partial charge in [-0.2, -0.15) is 0 Å². The molecule has 0 spiro atoms. The maximum atomic E-state index is 13.5. The molecule has 0 saturated heterocycles. The molecule has 2 aromatic rings. The first-order valence-electron chi connectivity index (χ1n) is 4.90. The van der Waals surface area contributed by atoms with E-state index in [1.807, 2.05) is 0 Å². The highest BCUT2D eigenvalue weighted by Crippen LogP contribution is 2.33. The average molecular weight is 293 g/mol. The van der Waals surface area contributed by atoms with Crippen molar-refractivity contribution in [3.05, 3.63) is 41.6 Å². The van der Waals surface area contributed by atoms with Gasteiger partial charge in [-0.3, -0.25) is 0 Å². The quantitative estimate of drug-likeness (QED) is 0.623. The molecule has 0 amide bonds. The maximum absolute atomic E-state index is 13.5. The van der Waals surface area contributed by atoms with Crippen molar-refractivity contribution >= 4 is 11.6 Å². The molecule has 100 valence electrons. The minimum atomic E-state index is -4.89. The standard InChI is InChI=1S/C11H5ClF4N2O/c12-10-17-5-7(13)9(18-10)6-3-1-2-4-8(6)19-11(14,15)16/h1-5H. The van der Waals surface area contributed by atoms with Gasteiger partial charge in [0.2, 0.25) is 5.28 Å². The SMILES string of the molecule is Fc1cnc(Cl)nc1-c1ccccc1OC(F)(F)F. The predicted octanol–water partition coefficient (Wildman–Crippen LogP) is 3.83. The van der Waals surface area contributed by atoms with E-state index in [0.717, 1.165) is 12.3 Å². The van der Waals surface area contributed by atoms with E-state index in [1.165, 1.54) is 18.2 Å². The Hall–Kier alpha value is -1.89. The Morgan fingerprint density at radius 2 is 1.84 bits per heavy atom. The fraction of sp³-hybridized carbons (Fsp3) is 0.0909. The monoisotopic (exact) mass is 292 g/mol. The zero-order valence-corrected chi connectivity index (χ0v) is 9.84. The molecule has 3 nitrogen and oxygen atoms in total.